The summed E-state index contributed by atoms with van der Waals surface area (Å²) in [5, 5.41) is 0.820. The standard InChI is InChI=1S/C11H20OS/c1-9-7-8-12-11(13-9)10-5-3-2-4-6-10/h9-11H,2-8H2,1H3. The summed E-state index contributed by atoms with van der Waals surface area (Å²) in [6.45, 7) is 3.33. The second kappa shape index (κ2) is 4.70. The first-order valence-electron chi connectivity index (χ1n) is 5.63. The minimum Gasteiger partial charge on any atom is -0.367 e. The Morgan fingerprint density at radius 1 is 1.08 bits per heavy atom. The first kappa shape index (κ1) is 9.85. The fraction of sp³-hybridized carbons (Fsp3) is 1.00. The lowest BCUT2D eigenvalue weighted by atomic mass is 9.90. The van der Waals surface area contributed by atoms with Crippen LogP contribution in [0.2, 0.25) is 0 Å². The molecule has 76 valence electrons. The molecule has 1 aliphatic heterocycles. The van der Waals surface area contributed by atoms with E-state index in [1.165, 1.54) is 38.5 Å². The van der Waals surface area contributed by atoms with Crippen LogP contribution in [0.5, 0.6) is 0 Å². The third-order valence-corrected chi connectivity index (χ3v) is 4.70. The molecule has 2 atom stereocenters. The molecule has 2 fully saturated rings. The lowest BCUT2D eigenvalue weighted by molar-refractivity contribution is 0.0500. The third kappa shape index (κ3) is 2.63. The Labute approximate surface area is 85.6 Å². The summed E-state index contributed by atoms with van der Waals surface area (Å²) in [7, 11) is 0. The van der Waals surface area contributed by atoms with Crippen molar-refractivity contribution in [2.45, 2.75) is 56.1 Å². The van der Waals surface area contributed by atoms with Crippen LogP contribution in [0.1, 0.15) is 45.4 Å². The fourth-order valence-electron chi connectivity index (χ4n) is 2.34. The van der Waals surface area contributed by atoms with E-state index in [2.05, 4.69) is 18.7 Å². The highest BCUT2D eigenvalue weighted by Crippen LogP contribution is 2.38. The summed E-state index contributed by atoms with van der Waals surface area (Å²) >= 11 is 2.07. The number of hydrogen-bond donors (Lipinski definition) is 0. The van der Waals surface area contributed by atoms with Gasteiger partial charge in [-0.2, -0.15) is 0 Å². The Kier molecular flexibility index (Phi) is 3.56. The van der Waals surface area contributed by atoms with Crippen molar-refractivity contribution in [3.05, 3.63) is 0 Å². The van der Waals surface area contributed by atoms with Gasteiger partial charge in [0, 0.05) is 11.9 Å². The van der Waals surface area contributed by atoms with Gasteiger partial charge in [-0.25, -0.2) is 0 Å². The molecule has 0 amide bonds. The molecule has 0 N–H and O–H groups in total. The highest BCUT2D eigenvalue weighted by Gasteiger charge is 2.28. The summed E-state index contributed by atoms with van der Waals surface area (Å²) < 4.78 is 5.85. The lowest BCUT2D eigenvalue weighted by Crippen LogP contribution is -2.29. The summed E-state index contributed by atoms with van der Waals surface area (Å²) in [4.78, 5) is 0. The molecule has 0 bridgehead atoms. The van der Waals surface area contributed by atoms with E-state index in [1.54, 1.807) is 0 Å². The van der Waals surface area contributed by atoms with Crippen molar-refractivity contribution in [2.75, 3.05) is 6.61 Å². The van der Waals surface area contributed by atoms with E-state index in [1.807, 2.05) is 0 Å². The molecule has 2 rings (SSSR count). The van der Waals surface area contributed by atoms with Crippen molar-refractivity contribution < 1.29 is 4.74 Å². The number of thioether (sulfide) groups is 1. The van der Waals surface area contributed by atoms with Crippen LogP contribution in [0, 0.1) is 5.92 Å². The molecular formula is C11H20OS. The number of rotatable bonds is 1. The Morgan fingerprint density at radius 2 is 1.85 bits per heavy atom. The Hall–Kier alpha value is 0.310. The predicted octanol–water partition coefficient (Wildman–Crippen LogP) is 3.43. The third-order valence-electron chi connectivity index (χ3n) is 3.21. The van der Waals surface area contributed by atoms with Gasteiger partial charge in [-0.05, 0) is 25.2 Å². The first-order valence-corrected chi connectivity index (χ1v) is 6.57. The maximum atomic E-state index is 5.85. The fourth-order valence-corrected chi connectivity index (χ4v) is 3.70. The van der Waals surface area contributed by atoms with E-state index >= 15 is 0 Å². The van der Waals surface area contributed by atoms with Crippen LogP contribution in [0.3, 0.4) is 0 Å². The molecule has 0 aromatic carbocycles. The van der Waals surface area contributed by atoms with E-state index < -0.39 is 0 Å². The van der Waals surface area contributed by atoms with E-state index in [0.717, 1.165) is 17.8 Å². The predicted molar refractivity (Wildman–Crippen MR) is 58.0 cm³/mol. The zero-order valence-corrected chi connectivity index (χ0v) is 9.31. The van der Waals surface area contributed by atoms with Crippen LogP contribution < -0.4 is 0 Å². The Bertz CT molecular complexity index is 154. The molecule has 2 aliphatic rings. The normalized spacial score (nSPS) is 37.6. The van der Waals surface area contributed by atoms with Crippen LogP contribution in [0.15, 0.2) is 0 Å². The van der Waals surface area contributed by atoms with Crippen molar-refractivity contribution in [3.8, 4) is 0 Å². The molecule has 1 saturated carbocycles. The quantitative estimate of drug-likeness (QED) is 0.641. The van der Waals surface area contributed by atoms with Crippen LogP contribution in [-0.2, 0) is 4.74 Å². The minimum absolute atomic E-state index is 0.532. The van der Waals surface area contributed by atoms with Crippen LogP contribution in [0.25, 0.3) is 0 Å². The molecular weight excluding hydrogens is 180 g/mol. The Morgan fingerprint density at radius 3 is 2.54 bits per heavy atom. The molecule has 1 aliphatic carbocycles. The molecule has 1 saturated heterocycles. The summed E-state index contributed by atoms with van der Waals surface area (Å²) in [5.74, 6) is 0.862. The summed E-state index contributed by atoms with van der Waals surface area (Å²) in [6.07, 6.45) is 8.37. The molecule has 0 radical (unpaired) electrons. The van der Waals surface area contributed by atoms with Gasteiger partial charge in [-0.1, -0.05) is 26.2 Å². The summed E-state index contributed by atoms with van der Waals surface area (Å²) in [6, 6.07) is 0. The second-order valence-corrected chi connectivity index (χ2v) is 5.91. The molecule has 0 spiro atoms. The zero-order chi connectivity index (χ0) is 9.10. The smallest absolute Gasteiger partial charge is 0.106 e. The van der Waals surface area contributed by atoms with Gasteiger partial charge in [0.1, 0.15) is 5.44 Å². The maximum absolute atomic E-state index is 5.85. The van der Waals surface area contributed by atoms with Gasteiger partial charge in [0.25, 0.3) is 0 Å². The van der Waals surface area contributed by atoms with Crippen LogP contribution in [-0.4, -0.2) is 17.3 Å². The number of ether oxygens (including phenoxy) is 1. The van der Waals surface area contributed by atoms with Crippen LogP contribution in [0.4, 0.5) is 0 Å². The van der Waals surface area contributed by atoms with Gasteiger partial charge < -0.3 is 4.74 Å². The van der Waals surface area contributed by atoms with Crippen molar-refractivity contribution in [3.63, 3.8) is 0 Å². The van der Waals surface area contributed by atoms with Gasteiger partial charge in [0.05, 0.1) is 0 Å². The molecule has 1 heterocycles. The van der Waals surface area contributed by atoms with Gasteiger partial charge in [0.15, 0.2) is 0 Å². The van der Waals surface area contributed by atoms with Crippen LogP contribution >= 0.6 is 11.8 Å². The molecule has 1 nitrogen and oxygen atoms in total. The molecule has 0 aromatic rings. The van der Waals surface area contributed by atoms with Crippen molar-refractivity contribution in [1.82, 2.24) is 0 Å². The van der Waals surface area contributed by atoms with E-state index in [4.69, 9.17) is 4.74 Å². The molecule has 2 unspecified atom stereocenters. The number of hydrogen-bond acceptors (Lipinski definition) is 2. The largest absolute Gasteiger partial charge is 0.367 e. The van der Waals surface area contributed by atoms with Gasteiger partial charge in [-0.3, -0.25) is 0 Å². The van der Waals surface area contributed by atoms with Gasteiger partial charge in [0.2, 0.25) is 0 Å². The summed E-state index contributed by atoms with van der Waals surface area (Å²) in [5.41, 5.74) is 0.532. The average Bonchev–Trinajstić information content (AvgIpc) is 2.19. The van der Waals surface area contributed by atoms with Gasteiger partial charge >= 0.3 is 0 Å². The topological polar surface area (TPSA) is 9.23 Å². The van der Waals surface area contributed by atoms with E-state index in [9.17, 15) is 0 Å². The molecule has 13 heavy (non-hydrogen) atoms. The second-order valence-electron chi connectivity index (χ2n) is 4.37. The highest BCUT2D eigenvalue weighted by molar-refractivity contribution is 8.00. The highest BCUT2D eigenvalue weighted by atomic mass is 32.2. The molecule has 0 aromatic heterocycles. The van der Waals surface area contributed by atoms with Crippen molar-refractivity contribution in [2.24, 2.45) is 5.92 Å². The zero-order valence-electron chi connectivity index (χ0n) is 8.50. The van der Waals surface area contributed by atoms with Crippen molar-refractivity contribution in [1.29, 1.82) is 0 Å². The average molecular weight is 200 g/mol. The van der Waals surface area contributed by atoms with E-state index in [0.29, 0.717) is 5.44 Å². The van der Waals surface area contributed by atoms with Gasteiger partial charge in [-0.15, -0.1) is 11.8 Å². The Balaban J connectivity index is 1.83. The lowest BCUT2D eigenvalue weighted by Gasteiger charge is -2.34. The minimum atomic E-state index is 0.532. The monoisotopic (exact) mass is 200 g/mol. The SMILES string of the molecule is CC1CCOC(C2CCCCC2)S1. The first-order chi connectivity index (χ1) is 6.36. The van der Waals surface area contributed by atoms with E-state index in [-0.39, 0.29) is 0 Å². The van der Waals surface area contributed by atoms with Crippen molar-refractivity contribution >= 4 is 11.8 Å². The molecule has 2 heteroatoms. The maximum Gasteiger partial charge on any atom is 0.106 e.